The molecule has 4 nitrogen and oxygen atoms in total. The molecule has 0 spiro atoms. The lowest BCUT2D eigenvalue weighted by Crippen LogP contribution is -2.24. The minimum atomic E-state index is 0.0642. The fourth-order valence-electron chi connectivity index (χ4n) is 0.576. The van der Waals surface area contributed by atoms with Crippen molar-refractivity contribution in [3.05, 3.63) is 0 Å². The molecule has 13 heavy (non-hydrogen) atoms. The van der Waals surface area contributed by atoms with Gasteiger partial charge in [0.05, 0.1) is 18.1 Å². The van der Waals surface area contributed by atoms with Gasteiger partial charge in [-0.2, -0.15) is 0 Å². The highest BCUT2D eigenvalue weighted by Gasteiger charge is 2.04. The summed E-state index contributed by atoms with van der Waals surface area (Å²) in [6.07, 6.45) is 0. The largest absolute Gasteiger partial charge is 0.481 e. The second-order valence-electron chi connectivity index (χ2n) is 2.64. The average molecular weight is 204 g/mol. The van der Waals surface area contributed by atoms with Gasteiger partial charge in [0.2, 0.25) is 5.91 Å². The molecular weight excluding hydrogens is 188 g/mol. The van der Waals surface area contributed by atoms with Gasteiger partial charge < -0.3 is 9.64 Å². The van der Waals surface area contributed by atoms with E-state index in [2.05, 4.69) is 0 Å². The van der Waals surface area contributed by atoms with E-state index in [9.17, 15) is 4.79 Å². The lowest BCUT2D eigenvalue weighted by atomic mass is 10.6. The number of nitrogens with one attached hydrogen (secondary N) is 1. The first-order valence-corrected chi connectivity index (χ1v) is 5.21. The van der Waals surface area contributed by atoms with Crippen molar-refractivity contribution in [2.75, 3.05) is 32.2 Å². The van der Waals surface area contributed by atoms with E-state index < -0.39 is 0 Å². The van der Waals surface area contributed by atoms with Gasteiger partial charge in [-0.25, -0.2) is 0 Å². The molecule has 0 aliphatic carbocycles. The van der Waals surface area contributed by atoms with Crippen LogP contribution in [0.5, 0.6) is 0 Å². The van der Waals surface area contributed by atoms with Crippen LogP contribution in [0.15, 0.2) is 0 Å². The van der Waals surface area contributed by atoms with Crippen molar-refractivity contribution in [1.82, 2.24) is 4.90 Å². The fraction of sp³-hybridized carbons (Fsp3) is 0.750. The molecular formula is C8H16N2O2S. The SMILES string of the molecule is CCOC(=N)CSCC(=O)N(C)C. The van der Waals surface area contributed by atoms with Gasteiger partial charge in [-0.1, -0.05) is 0 Å². The van der Waals surface area contributed by atoms with Crippen LogP contribution >= 0.6 is 11.8 Å². The Morgan fingerprint density at radius 2 is 2.08 bits per heavy atom. The highest BCUT2D eigenvalue weighted by Crippen LogP contribution is 2.01. The summed E-state index contributed by atoms with van der Waals surface area (Å²) in [5.41, 5.74) is 0. The Bertz CT molecular complexity index is 183. The van der Waals surface area contributed by atoms with Crippen LogP contribution in [0.4, 0.5) is 0 Å². The van der Waals surface area contributed by atoms with Gasteiger partial charge >= 0.3 is 0 Å². The molecule has 0 radical (unpaired) electrons. The summed E-state index contributed by atoms with van der Waals surface area (Å²) in [6, 6.07) is 0. The maximum atomic E-state index is 11.1. The van der Waals surface area contributed by atoms with Crippen LogP contribution in [0.25, 0.3) is 0 Å². The molecule has 0 fully saturated rings. The van der Waals surface area contributed by atoms with E-state index >= 15 is 0 Å². The molecule has 76 valence electrons. The lowest BCUT2D eigenvalue weighted by molar-refractivity contribution is -0.125. The number of carbonyl (C=O) groups is 1. The summed E-state index contributed by atoms with van der Waals surface area (Å²) in [5, 5.41) is 7.27. The molecule has 5 heteroatoms. The number of nitrogens with zero attached hydrogens (tertiary/aromatic N) is 1. The van der Waals surface area contributed by atoms with Gasteiger partial charge in [0.15, 0.2) is 5.90 Å². The van der Waals surface area contributed by atoms with Crippen molar-refractivity contribution in [3.63, 3.8) is 0 Å². The number of hydrogen-bond donors (Lipinski definition) is 1. The van der Waals surface area contributed by atoms with E-state index in [4.69, 9.17) is 10.1 Å². The lowest BCUT2D eigenvalue weighted by Gasteiger charge is -2.09. The smallest absolute Gasteiger partial charge is 0.232 e. The van der Waals surface area contributed by atoms with Crippen LogP contribution in [0.3, 0.4) is 0 Å². The number of ether oxygens (including phenoxy) is 1. The molecule has 0 aliphatic heterocycles. The van der Waals surface area contributed by atoms with Crippen molar-refractivity contribution < 1.29 is 9.53 Å². The Morgan fingerprint density at radius 3 is 2.54 bits per heavy atom. The minimum Gasteiger partial charge on any atom is -0.481 e. The second-order valence-corrected chi connectivity index (χ2v) is 3.62. The molecule has 0 saturated carbocycles. The zero-order valence-corrected chi connectivity index (χ0v) is 9.11. The van der Waals surface area contributed by atoms with E-state index in [0.717, 1.165) is 0 Å². The first kappa shape index (κ1) is 12.3. The zero-order chi connectivity index (χ0) is 10.3. The predicted octanol–water partition coefficient (Wildman–Crippen LogP) is 0.822. The molecule has 0 aromatic carbocycles. The molecule has 0 aromatic rings. The molecule has 1 N–H and O–H groups in total. The molecule has 0 heterocycles. The van der Waals surface area contributed by atoms with Crippen LogP contribution < -0.4 is 0 Å². The molecule has 1 amide bonds. The Hall–Kier alpha value is -0.710. The summed E-state index contributed by atoms with van der Waals surface area (Å²) in [4.78, 5) is 12.6. The van der Waals surface area contributed by atoms with E-state index in [-0.39, 0.29) is 11.8 Å². The fourth-order valence-corrected chi connectivity index (χ4v) is 1.38. The minimum absolute atomic E-state index is 0.0642. The van der Waals surface area contributed by atoms with E-state index in [1.807, 2.05) is 6.92 Å². The number of carbonyl (C=O) groups excluding carboxylic acids is 1. The predicted molar refractivity (Wildman–Crippen MR) is 55.4 cm³/mol. The third-order valence-electron chi connectivity index (χ3n) is 1.28. The van der Waals surface area contributed by atoms with Gasteiger partial charge in [0.1, 0.15) is 0 Å². The summed E-state index contributed by atoms with van der Waals surface area (Å²) in [6.45, 7) is 2.35. The van der Waals surface area contributed by atoms with Gasteiger partial charge in [-0.05, 0) is 6.92 Å². The standard InChI is InChI=1S/C8H16N2O2S/c1-4-12-7(9)5-13-6-8(11)10(2)3/h9H,4-6H2,1-3H3. The van der Waals surface area contributed by atoms with Gasteiger partial charge in [-0.3, -0.25) is 10.2 Å². The number of rotatable bonds is 5. The maximum absolute atomic E-state index is 11.1. The summed E-state index contributed by atoms with van der Waals surface area (Å²) < 4.78 is 4.92. The molecule has 0 saturated heterocycles. The third kappa shape index (κ3) is 6.45. The van der Waals surface area contributed by atoms with Gasteiger partial charge in [0.25, 0.3) is 0 Å². The normalized spacial score (nSPS) is 9.46. The summed E-state index contributed by atoms with van der Waals surface area (Å²) in [5.74, 6) is 1.17. The summed E-state index contributed by atoms with van der Waals surface area (Å²) in [7, 11) is 3.44. The van der Waals surface area contributed by atoms with Crippen LogP contribution in [-0.2, 0) is 9.53 Å². The highest BCUT2D eigenvalue weighted by atomic mass is 32.2. The van der Waals surface area contributed by atoms with Crippen molar-refractivity contribution >= 4 is 23.6 Å². The Balaban J connectivity index is 3.45. The molecule has 0 rings (SSSR count). The Labute approximate surface area is 83.1 Å². The second kappa shape index (κ2) is 6.77. The Morgan fingerprint density at radius 1 is 1.46 bits per heavy atom. The van der Waals surface area contributed by atoms with E-state index in [0.29, 0.717) is 18.1 Å². The van der Waals surface area contributed by atoms with Crippen LogP contribution in [0, 0.1) is 5.41 Å². The molecule has 0 aromatic heterocycles. The topological polar surface area (TPSA) is 53.4 Å². The number of hydrogen-bond acceptors (Lipinski definition) is 4. The van der Waals surface area contributed by atoms with Gasteiger partial charge in [-0.15, -0.1) is 11.8 Å². The van der Waals surface area contributed by atoms with Crippen LogP contribution in [0.1, 0.15) is 6.92 Å². The molecule has 0 unspecified atom stereocenters. The highest BCUT2D eigenvalue weighted by molar-refractivity contribution is 8.00. The monoisotopic (exact) mass is 204 g/mol. The van der Waals surface area contributed by atoms with Crippen molar-refractivity contribution in [2.45, 2.75) is 6.92 Å². The molecule has 0 atom stereocenters. The number of amides is 1. The molecule has 0 bridgehead atoms. The van der Waals surface area contributed by atoms with Crippen molar-refractivity contribution in [3.8, 4) is 0 Å². The number of thioether (sulfide) groups is 1. The van der Waals surface area contributed by atoms with Crippen molar-refractivity contribution in [2.24, 2.45) is 0 Å². The quantitative estimate of drug-likeness (QED) is 0.533. The van der Waals surface area contributed by atoms with Crippen LogP contribution in [-0.4, -0.2) is 48.9 Å². The van der Waals surface area contributed by atoms with Gasteiger partial charge in [0, 0.05) is 14.1 Å². The van der Waals surface area contributed by atoms with Crippen LogP contribution in [0.2, 0.25) is 0 Å². The first-order chi connectivity index (χ1) is 6.07. The maximum Gasteiger partial charge on any atom is 0.232 e. The zero-order valence-electron chi connectivity index (χ0n) is 8.29. The molecule has 0 aliphatic rings. The Kier molecular flexibility index (Phi) is 6.40. The third-order valence-corrected chi connectivity index (χ3v) is 2.19. The average Bonchev–Trinajstić information content (AvgIpc) is 2.04. The summed E-state index contributed by atoms with van der Waals surface area (Å²) >= 11 is 1.40. The first-order valence-electron chi connectivity index (χ1n) is 4.06. The van der Waals surface area contributed by atoms with Crippen molar-refractivity contribution in [1.29, 1.82) is 5.41 Å². The van der Waals surface area contributed by atoms with E-state index in [1.54, 1.807) is 14.1 Å². The van der Waals surface area contributed by atoms with E-state index in [1.165, 1.54) is 16.7 Å².